The quantitative estimate of drug-likeness (QED) is 0.660. The van der Waals surface area contributed by atoms with Crippen molar-refractivity contribution in [3.05, 3.63) is 34.3 Å². The summed E-state index contributed by atoms with van der Waals surface area (Å²) in [7, 11) is 1.28. The molecule has 0 saturated heterocycles. The van der Waals surface area contributed by atoms with Crippen LogP contribution in [-0.2, 0) is 4.74 Å². The van der Waals surface area contributed by atoms with Crippen molar-refractivity contribution in [1.29, 1.82) is 0 Å². The number of rotatable bonds is 3. The van der Waals surface area contributed by atoms with Crippen LogP contribution in [-0.4, -0.2) is 24.1 Å². The smallest absolute Gasteiger partial charge is 0.339 e. The summed E-state index contributed by atoms with van der Waals surface area (Å²) < 4.78 is 4.53. The van der Waals surface area contributed by atoms with Gasteiger partial charge in [0.15, 0.2) is 0 Å². The van der Waals surface area contributed by atoms with E-state index in [0.29, 0.717) is 5.56 Å². The molecule has 0 spiro atoms. The number of carbonyl (C=O) groups is 1. The molecule has 0 saturated carbocycles. The van der Waals surface area contributed by atoms with Crippen molar-refractivity contribution in [3.63, 3.8) is 0 Å². The molecule has 1 aromatic carbocycles. The molecule has 0 aromatic heterocycles. The molecule has 0 aliphatic carbocycles. The predicted octanol–water partition coefficient (Wildman–Crippen LogP) is 2.40. The number of methoxy groups -OCH3 is 1. The lowest BCUT2D eigenvalue weighted by atomic mass is 10.1. The zero-order valence-corrected chi connectivity index (χ0v) is 9.55. The molecule has 1 atom stereocenters. The Morgan fingerprint density at radius 2 is 2.27 bits per heavy atom. The van der Waals surface area contributed by atoms with Gasteiger partial charge in [-0.25, -0.2) is 4.79 Å². The summed E-state index contributed by atoms with van der Waals surface area (Å²) in [6.45, 7) is 0. The van der Waals surface area contributed by atoms with Gasteiger partial charge in [-0.05, 0) is 17.7 Å². The van der Waals surface area contributed by atoms with Crippen LogP contribution in [0, 0.1) is 0 Å². The maximum Gasteiger partial charge on any atom is 0.339 e. The van der Waals surface area contributed by atoms with Crippen molar-refractivity contribution in [3.8, 4) is 0 Å². The third-order valence-corrected chi connectivity index (χ3v) is 2.53. The minimum Gasteiger partial charge on any atom is -0.465 e. The average Bonchev–Trinajstić information content (AvgIpc) is 2.26. The van der Waals surface area contributed by atoms with Crippen LogP contribution in [0.3, 0.4) is 0 Å². The van der Waals surface area contributed by atoms with E-state index in [0.717, 1.165) is 0 Å². The summed E-state index contributed by atoms with van der Waals surface area (Å²) in [5.74, 6) is -0.430. The van der Waals surface area contributed by atoms with Crippen LogP contribution in [0.1, 0.15) is 22.0 Å². The molecule has 1 rings (SSSR count). The number of carbonyl (C=O) groups excluding carboxylic acids is 1. The first kappa shape index (κ1) is 12.3. The number of alkyl halides is 1. The zero-order chi connectivity index (χ0) is 11.4. The first-order valence-electron chi connectivity index (χ1n) is 4.22. The van der Waals surface area contributed by atoms with Gasteiger partial charge in [0.2, 0.25) is 0 Å². The van der Waals surface area contributed by atoms with Crippen molar-refractivity contribution >= 4 is 29.2 Å². The van der Waals surface area contributed by atoms with E-state index in [1.165, 1.54) is 19.2 Å². The summed E-state index contributed by atoms with van der Waals surface area (Å²) in [6, 6.07) is 4.59. The van der Waals surface area contributed by atoms with Gasteiger partial charge >= 0.3 is 5.97 Å². The summed E-state index contributed by atoms with van der Waals surface area (Å²) >= 11 is 11.3. The minimum absolute atomic E-state index is 0.0773. The van der Waals surface area contributed by atoms with Gasteiger partial charge in [-0.3, -0.25) is 0 Å². The van der Waals surface area contributed by atoms with E-state index in [2.05, 4.69) is 4.74 Å². The van der Waals surface area contributed by atoms with Gasteiger partial charge in [0.05, 0.1) is 29.7 Å². The second-order valence-electron chi connectivity index (χ2n) is 2.90. The second-order valence-corrected chi connectivity index (χ2v) is 3.62. The van der Waals surface area contributed by atoms with Crippen molar-refractivity contribution in [1.82, 2.24) is 0 Å². The number of esters is 1. The summed E-state index contributed by atoms with van der Waals surface area (Å²) in [4.78, 5) is 11.2. The van der Waals surface area contributed by atoms with E-state index < -0.39 is 12.1 Å². The molecule has 1 aromatic rings. The van der Waals surface area contributed by atoms with Gasteiger partial charge in [-0.1, -0.05) is 17.7 Å². The average molecular weight is 249 g/mol. The van der Waals surface area contributed by atoms with Crippen LogP contribution in [0.2, 0.25) is 5.02 Å². The van der Waals surface area contributed by atoms with Gasteiger partial charge < -0.3 is 9.84 Å². The van der Waals surface area contributed by atoms with Gasteiger partial charge in [0, 0.05) is 0 Å². The van der Waals surface area contributed by atoms with Crippen LogP contribution >= 0.6 is 23.2 Å². The van der Waals surface area contributed by atoms with Crippen molar-refractivity contribution < 1.29 is 14.6 Å². The zero-order valence-electron chi connectivity index (χ0n) is 8.04. The number of hydrogen-bond donors (Lipinski definition) is 1. The number of aliphatic hydroxyl groups is 1. The summed E-state index contributed by atoms with van der Waals surface area (Å²) in [6.07, 6.45) is -0.782. The van der Waals surface area contributed by atoms with Crippen LogP contribution in [0.15, 0.2) is 18.2 Å². The Labute approximate surface area is 97.6 Å². The normalized spacial score (nSPS) is 12.3. The lowest BCUT2D eigenvalue weighted by Crippen LogP contribution is -2.04. The Morgan fingerprint density at radius 3 is 2.73 bits per heavy atom. The van der Waals surface area contributed by atoms with E-state index in [4.69, 9.17) is 23.2 Å². The fourth-order valence-corrected chi connectivity index (χ4v) is 1.55. The highest BCUT2D eigenvalue weighted by Gasteiger charge is 2.13. The van der Waals surface area contributed by atoms with Gasteiger partial charge in [0.25, 0.3) is 0 Å². The molecule has 0 amide bonds. The highest BCUT2D eigenvalue weighted by molar-refractivity contribution is 6.33. The van der Waals surface area contributed by atoms with Crippen molar-refractivity contribution in [2.45, 2.75) is 6.10 Å². The molecule has 0 bridgehead atoms. The van der Waals surface area contributed by atoms with Crippen LogP contribution in [0.25, 0.3) is 0 Å². The molecule has 5 heteroatoms. The molecule has 0 heterocycles. The van der Waals surface area contributed by atoms with Crippen LogP contribution in [0.5, 0.6) is 0 Å². The van der Waals surface area contributed by atoms with E-state index >= 15 is 0 Å². The predicted molar refractivity (Wildman–Crippen MR) is 58.5 cm³/mol. The topological polar surface area (TPSA) is 46.5 Å². The monoisotopic (exact) mass is 248 g/mol. The third kappa shape index (κ3) is 2.84. The first-order chi connectivity index (χ1) is 7.10. The highest BCUT2D eigenvalue weighted by atomic mass is 35.5. The van der Waals surface area contributed by atoms with Crippen LogP contribution < -0.4 is 0 Å². The lowest BCUT2D eigenvalue weighted by molar-refractivity contribution is 0.0601. The molecule has 0 fully saturated rings. The number of ether oxygens (including phenoxy) is 1. The molecule has 1 unspecified atom stereocenters. The standard InChI is InChI=1S/C10H10Cl2O3/c1-15-10(14)7-3-2-6(4-8(7)12)9(13)5-11/h2-4,9,13H,5H2,1H3. The number of aliphatic hydroxyl groups excluding tert-OH is 1. The fourth-order valence-electron chi connectivity index (χ4n) is 1.10. The molecular formula is C10H10Cl2O3. The Bertz CT molecular complexity index is 366. The number of hydrogen-bond acceptors (Lipinski definition) is 3. The van der Waals surface area contributed by atoms with E-state index in [1.807, 2.05) is 0 Å². The van der Waals surface area contributed by atoms with Gasteiger partial charge in [-0.2, -0.15) is 0 Å². The molecule has 3 nitrogen and oxygen atoms in total. The molecule has 15 heavy (non-hydrogen) atoms. The Kier molecular flexibility index (Phi) is 4.39. The summed E-state index contributed by atoms with van der Waals surface area (Å²) in [5, 5.41) is 9.67. The Balaban J connectivity index is 3.03. The Morgan fingerprint density at radius 1 is 1.60 bits per heavy atom. The van der Waals surface area contributed by atoms with Crippen LogP contribution in [0.4, 0.5) is 0 Å². The van der Waals surface area contributed by atoms with Gasteiger partial charge in [-0.15, -0.1) is 11.6 Å². The molecule has 0 aliphatic heterocycles. The number of halogens is 2. The largest absolute Gasteiger partial charge is 0.465 e. The first-order valence-corrected chi connectivity index (χ1v) is 5.13. The van der Waals surface area contributed by atoms with E-state index in [-0.39, 0.29) is 16.5 Å². The number of benzene rings is 1. The lowest BCUT2D eigenvalue weighted by Gasteiger charge is -2.09. The molecule has 0 radical (unpaired) electrons. The molecule has 1 N–H and O–H groups in total. The molecule has 82 valence electrons. The van der Waals surface area contributed by atoms with Crippen molar-refractivity contribution in [2.75, 3.05) is 13.0 Å². The third-order valence-electron chi connectivity index (χ3n) is 1.93. The fraction of sp³-hybridized carbons (Fsp3) is 0.300. The van der Waals surface area contributed by atoms with Gasteiger partial charge in [0.1, 0.15) is 0 Å². The summed E-state index contributed by atoms with van der Waals surface area (Å²) in [5.41, 5.74) is 0.840. The Hall–Kier alpha value is -0.770. The van der Waals surface area contributed by atoms with Crippen molar-refractivity contribution in [2.24, 2.45) is 0 Å². The van der Waals surface area contributed by atoms with E-state index in [9.17, 15) is 9.90 Å². The molecular weight excluding hydrogens is 239 g/mol. The van der Waals surface area contributed by atoms with E-state index in [1.54, 1.807) is 6.07 Å². The minimum atomic E-state index is -0.782. The maximum atomic E-state index is 11.2. The molecule has 0 aliphatic rings. The highest BCUT2D eigenvalue weighted by Crippen LogP contribution is 2.23. The second kappa shape index (κ2) is 5.35. The SMILES string of the molecule is COC(=O)c1ccc(C(O)CCl)cc1Cl. The maximum absolute atomic E-state index is 11.2.